The van der Waals surface area contributed by atoms with Crippen LogP contribution in [-0.2, 0) is 4.79 Å². The predicted octanol–water partition coefficient (Wildman–Crippen LogP) is 2.56. The Bertz CT molecular complexity index is 361. The van der Waals surface area contributed by atoms with Crippen molar-refractivity contribution in [3.8, 4) is 0 Å². The number of hydrogen-bond acceptors (Lipinski definition) is 2. The summed E-state index contributed by atoms with van der Waals surface area (Å²) in [6.07, 6.45) is 0.847. The Hall–Kier alpha value is -1.51. The van der Waals surface area contributed by atoms with Gasteiger partial charge in [0.15, 0.2) is 0 Å². The molecular formula is C12H18N2O. The molecule has 0 heterocycles. The van der Waals surface area contributed by atoms with Gasteiger partial charge in [-0.15, -0.1) is 0 Å². The van der Waals surface area contributed by atoms with Gasteiger partial charge in [-0.3, -0.25) is 4.79 Å². The molecule has 3 N–H and O–H groups in total. The van der Waals surface area contributed by atoms with E-state index >= 15 is 0 Å². The molecule has 0 saturated carbocycles. The summed E-state index contributed by atoms with van der Waals surface area (Å²) in [5, 5.41) is 2.89. The molecule has 0 aliphatic rings. The first-order valence-electron chi connectivity index (χ1n) is 5.21. The van der Waals surface area contributed by atoms with Gasteiger partial charge < -0.3 is 11.1 Å². The van der Waals surface area contributed by atoms with Crippen molar-refractivity contribution in [2.24, 2.45) is 5.92 Å². The van der Waals surface area contributed by atoms with E-state index in [1.807, 2.05) is 32.9 Å². The van der Waals surface area contributed by atoms with E-state index in [9.17, 15) is 4.79 Å². The van der Waals surface area contributed by atoms with Crippen LogP contribution in [0.3, 0.4) is 0 Å². The van der Waals surface area contributed by atoms with Crippen LogP contribution in [0.2, 0.25) is 0 Å². The number of nitrogens with two attached hydrogens (primary N) is 1. The zero-order valence-corrected chi connectivity index (χ0v) is 9.50. The molecule has 3 heteroatoms. The summed E-state index contributed by atoms with van der Waals surface area (Å²) in [4.78, 5) is 11.6. The maximum absolute atomic E-state index is 11.6. The molecule has 1 rings (SSSR count). The summed E-state index contributed by atoms with van der Waals surface area (Å²) in [5.41, 5.74) is 8.18. The fourth-order valence-corrected chi connectivity index (χ4v) is 1.27. The topological polar surface area (TPSA) is 55.1 Å². The molecule has 0 aliphatic heterocycles. The van der Waals surface area contributed by atoms with Crippen LogP contribution in [-0.4, -0.2) is 5.91 Å². The average molecular weight is 206 g/mol. The molecule has 3 nitrogen and oxygen atoms in total. The molecule has 0 radical (unpaired) electrons. The molecule has 1 aromatic rings. The molecular weight excluding hydrogens is 188 g/mol. The van der Waals surface area contributed by atoms with Crippen LogP contribution in [0.1, 0.15) is 25.8 Å². The third-order valence-electron chi connectivity index (χ3n) is 2.57. The minimum atomic E-state index is 0.0435. The lowest BCUT2D eigenvalue weighted by atomic mass is 10.1. The Balaban J connectivity index is 2.77. The highest BCUT2D eigenvalue weighted by Crippen LogP contribution is 2.18. The Labute approximate surface area is 90.7 Å². The standard InChI is InChI=1S/C12H18N2O/c1-4-8(2)12(15)14-11-6-5-10(13)7-9(11)3/h5-8H,4,13H2,1-3H3,(H,14,15)/t8-/m1/s1. The van der Waals surface area contributed by atoms with Gasteiger partial charge in [0.25, 0.3) is 0 Å². The number of hydrogen-bond donors (Lipinski definition) is 2. The first-order chi connectivity index (χ1) is 7.04. The lowest BCUT2D eigenvalue weighted by Gasteiger charge is -2.12. The van der Waals surface area contributed by atoms with Crippen LogP contribution < -0.4 is 11.1 Å². The molecule has 15 heavy (non-hydrogen) atoms. The van der Waals surface area contributed by atoms with Crippen molar-refractivity contribution < 1.29 is 4.79 Å². The molecule has 0 aromatic heterocycles. The van der Waals surface area contributed by atoms with Crippen LogP contribution in [0.5, 0.6) is 0 Å². The minimum Gasteiger partial charge on any atom is -0.399 e. The highest BCUT2D eigenvalue weighted by Gasteiger charge is 2.11. The number of rotatable bonds is 3. The van der Waals surface area contributed by atoms with Gasteiger partial charge in [0.2, 0.25) is 5.91 Å². The fourth-order valence-electron chi connectivity index (χ4n) is 1.27. The van der Waals surface area contributed by atoms with Crippen LogP contribution in [0.25, 0.3) is 0 Å². The number of nitrogens with one attached hydrogen (secondary N) is 1. The molecule has 82 valence electrons. The molecule has 0 unspecified atom stereocenters. The minimum absolute atomic E-state index is 0.0435. The van der Waals surface area contributed by atoms with Gasteiger partial charge in [0.05, 0.1) is 0 Å². The lowest BCUT2D eigenvalue weighted by Crippen LogP contribution is -2.20. The van der Waals surface area contributed by atoms with Gasteiger partial charge in [-0.1, -0.05) is 13.8 Å². The fraction of sp³-hybridized carbons (Fsp3) is 0.417. The second-order valence-electron chi connectivity index (χ2n) is 3.87. The van der Waals surface area contributed by atoms with Crippen LogP contribution in [0, 0.1) is 12.8 Å². The Kier molecular flexibility index (Phi) is 3.72. The van der Waals surface area contributed by atoms with Gasteiger partial charge in [-0.25, -0.2) is 0 Å². The van der Waals surface area contributed by atoms with Crippen molar-refractivity contribution >= 4 is 17.3 Å². The SMILES string of the molecule is CC[C@@H](C)C(=O)Nc1ccc(N)cc1C. The first-order valence-corrected chi connectivity index (χ1v) is 5.21. The summed E-state index contributed by atoms with van der Waals surface area (Å²) in [6, 6.07) is 5.48. The van der Waals surface area contributed by atoms with Gasteiger partial charge in [-0.2, -0.15) is 0 Å². The van der Waals surface area contributed by atoms with E-state index < -0.39 is 0 Å². The third kappa shape index (κ3) is 2.98. The number of nitrogen functional groups attached to an aromatic ring is 1. The molecule has 1 atom stereocenters. The number of aryl methyl sites for hydroxylation is 1. The Morgan fingerprint density at radius 3 is 2.73 bits per heavy atom. The Morgan fingerprint density at radius 1 is 1.53 bits per heavy atom. The summed E-state index contributed by atoms with van der Waals surface area (Å²) in [7, 11) is 0. The van der Waals surface area contributed by atoms with E-state index in [0.717, 1.165) is 17.7 Å². The Morgan fingerprint density at radius 2 is 2.20 bits per heavy atom. The molecule has 1 amide bonds. The van der Waals surface area contributed by atoms with E-state index in [2.05, 4.69) is 5.32 Å². The smallest absolute Gasteiger partial charge is 0.227 e. The van der Waals surface area contributed by atoms with E-state index in [1.165, 1.54) is 0 Å². The predicted molar refractivity (Wildman–Crippen MR) is 63.7 cm³/mol. The van der Waals surface area contributed by atoms with Crippen LogP contribution in [0.15, 0.2) is 18.2 Å². The molecule has 0 fully saturated rings. The van der Waals surface area contributed by atoms with E-state index in [-0.39, 0.29) is 11.8 Å². The third-order valence-corrected chi connectivity index (χ3v) is 2.57. The lowest BCUT2D eigenvalue weighted by molar-refractivity contribution is -0.119. The van der Waals surface area contributed by atoms with Gasteiger partial charge >= 0.3 is 0 Å². The van der Waals surface area contributed by atoms with Crippen molar-refractivity contribution in [3.63, 3.8) is 0 Å². The summed E-state index contributed by atoms with van der Waals surface area (Å²) in [5.74, 6) is 0.104. The molecule has 0 aliphatic carbocycles. The molecule has 0 spiro atoms. The number of amides is 1. The monoisotopic (exact) mass is 206 g/mol. The van der Waals surface area contributed by atoms with Crippen LogP contribution in [0.4, 0.5) is 11.4 Å². The van der Waals surface area contributed by atoms with E-state index in [4.69, 9.17) is 5.73 Å². The maximum Gasteiger partial charge on any atom is 0.227 e. The normalized spacial score (nSPS) is 12.2. The van der Waals surface area contributed by atoms with Gasteiger partial charge in [0.1, 0.15) is 0 Å². The largest absolute Gasteiger partial charge is 0.399 e. The first kappa shape index (κ1) is 11.6. The second-order valence-corrected chi connectivity index (χ2v) is 3.87. The van der Waals surface area contributed by atoms with Crippen LogP contribution >= 0.6 is 0 Å². The average Bonchev–Trinajstić information content (AvgIpc) is 2.20. The number of anilines is 2. The number of benzene rings is 1. The quantitative estimate of drug-likeness (QED) is 0.747. The van der Waals surface area contributed by atoms with Gasteiger partial charge in [0, 0.05) is 17.3 Å². The molecule has 0 saturated heterocycles. The number of carbonyl (C=O) groups is 1. The van der Waals surface area contributed by atoms with Gasteiger partial charge in [-0.05, 0) is 37.1 Å². The zero-order valence-electron chi connectivity index (χ0n) is 9.50. The molecule has 0 bridgehead atoms. The molecule has 1 aromatic carbocycles. The van der Waals surface area contributed by atoms with Crippen molar-refractivity contribution in [3.05, 3.63) is 23.8 Å². The zero-order chi connectivity index (χ0) is 11.4. The maximum atomic E-state index is 11.6. The summed E-state index contributed by atoms with van der Waals surface area (Å²) < 4.78 is 0. The highest BCUT2D eigenvalue weighted by molar-refractivity contribution is 5.93. The van der Waals surface area contributed by atoms with E-state index in [0.29, 0.717) is 5.69 Å². The van der Waals surface area contributed by atoms with E-state index in [1.54, 1.807) is 6.07 Å². The van der Waals surface area contributed by atoms with Crippen molar-refractivity contribution in [2.75, 3.05) is 11.1 Å². The summed E-state index contributed by atoms with van der Waals surface area (Å²) >= 11 is 0. The van der Waals surface area contributed by atoms with Crippen molar-refractivity contribution in [1.82, 2.24) is 0 Å². The highest BCUT2D eigenvalue weighted by atomic mass is 16.1. The summed E-state index contributed by atoms with van der Waals surface area (Å²) in [6.45, 7) is 5.85. The second kappa shape index (κ2) is 4.82. The van der Waals surface area contributed by atoms with Crippen molar-refractivity contribution in [2.45, 2.75) is 27.2 Å². The van der Waals surface area contributed by atoms with Crippen molar-refractivity contribution in [1.29, 1.82) is 0 Å². The number of carbonyl (C=O) groups excluding carboxylic acids is 1.